The van der Waals surface area contributed by atoms with Crippen LogP contribution in [0.3, 0.4) is 0 Å². The minimum absolute atomic E-state index is 0.554. The molecule has 2 aromatic carbocycles. The molecule has 0 saturated heterocycles. The van der Waals surface area contributed by atoms with Crippen molar-refractivity contribution in [1.82, 2.24) is 0 Å². The molecule has 110 valence electrons. The normalized spacial score (nSPS) is 15.7. The summed E-state index contributed by atoms with van der Waals surface area (Å²) in [5.41, 5.74) is 3.27. The number of aliphatic hydroxyl groups is 1. The summed E-state index contributed by atoms with van der Waals surface area (Å²) in [7, 11) is 0. The maximum atomic E-state index is 10.7. The summed E-state index contributed by atoms with van der Waals surface area (Å²) in [4.78, 5) is 0. The Labute approximate surface area is 126 Å². The van der Waals surface area contributed by atoms with Crippen LogP contribution in [0.15, 0.2) is 48.5 Å². The van der Waals surface area contributed by atoms with Gasteiger partial charge in [-0.25, -0.2) is 0 Å². The second-order valence-electron chi connectivity index (χ2n) is 5.72. The molecule has 1 saturated carbocycles. The molecule has 1 atom stereocenters. The standard InChI is InChI=1S/C19H22O2/c1-2-13-21-16-11-9-15(10-12-16)19(20)18-6-4-3-5-17(18)14-7-8-14/h3-6,9-12,14,19-20H,2,7-8,13H2,1H3. The van der Waals surface area contributed by atoms with Gasteiger partial charge < -0.3 is 9.84 Å². The number of hydrogen-bond donors (Lipinski definition) is 1. The van der Waals surface area contributed by atoms with Gasteiger partial charge in [-0.1, -0.05) is 43.3 Å². The third-order valence-electron chi connectivity index (χ3n) is 3.98. The van der Waals surface area contributed by atoms with Crippen molar-refractivity contribution in [2.24, 2.45) is 0 Å². The summed E-state index contributed by atoms with van der Waals surface area (Å²) in [6.45, 7) is 2.82. The molecular weight excluding hydrogens is 260 g/mol. The van der Waals surface area contributed by atoms with Crippen LogP contribution in [0.2, 0.25) is 0 Å². The highest BCUT2D eigenvalue weighted by molar-refractivity contribution is 5.40. The van der Waals surface area contributed by atoms with Crippen LogP contribution in [0.25, 0.3) is 0 Å². The summed E-state index contributed by atoms with van der Waals surface area (Å²) in [5, 5.41) is 10.7. The lowest BCUT2D eigenvalue weighted by atomic mass is 9.94. The first kappa shape index (κ1) is 14.2. The zero-order valence-corrected chi connectivity index (χ0v) is 12.5. The quantitative estimate of drug-likeness (QED) is 0.849. The fraction of sp³-hybridized carbons (Fsp3) is 0.368. The van der Waals surface area contributed by atoms with E-state index in [0.717, 1.165) is 29.9 Å². The molecule has 1 unspecified atom stereocenters. The number of benzene rings is 2. The zero-order chi connectivity index (χ0) is 14.7. The largest absolute Gasteiger partial charge is 0.494 e. The molecule has 1 aliphatic rings. The molecule has 0 radical (unpaired) electrons. The van der Waals surface area contributed by atoms with Crippen LogP contribution in [0.1, 0.15) is 54.9 Å². The average Bonchev–Trinajstić information content (AvgIpc) is 3.37. The lowest BCUT2D eigenvalue weighted by Gasteiger charge is -2.16. The second-order valence-corrected chi connectivity index (χ2v) is 5.72. The Balaban J connectivity index is 1.80. The minimum atomic E-state index is -0.554. The van der Waals surface area contributed by atoms with Crippen molar-refractivity contribution in [2.45, 2.75) is 38.2 Å². The van der Waals surface area contributed by atoms with Crippen molar-refractivity contribution < 1.29 is 9.84 Å². The molecule has 0 spiro atoms. The molecule has 1 N–H and O–H groups in total. The van der Waals surface area contributed by atoms with Crippen molar-refractivity contribution >= 4 is 0 Å². The van der Waals surface area contributed by atoms with Crippen LogP contribution in [-0.4, -0.2) is 11.7 Å². The Kier molecular flexibility index (Phi) is 4.26. The summed E-state index contributed by atoms with van der Waals surface area (Å²) >= 11 is 0. The predicted molar refractivity (Wildman–Crippen MR) is 84.7 cm³/mol. The van der Waals surface area contributed by atoms with E-state index < -0.39 is 6.10 Å². The first-order valence-corrected chi connectivity index (χ1v) is 7.79. The number of rotatable bonds is 6. The molecule has 1 fully saturated rings. The molecule has 0 amide bonds. The predicted octanol–water partition coefficient (Wildman–Crippen LogP) is 4.43. The van der Waals surface area contributed by atoms with Gasteiger partial charge in [0.25, 0.3) is 0 Å². The van der Waals surface area contributed by atoms with Crippen LogP contribution in [0, 0.1) is 0 Å². The van der Waals surface area contributed by atoms with Gasteiger partial charge in [0, 0.05) is 0 Å². The summed E-state index contributed by atoms with van der Waals surface area (Å²) in [6.07, 6.45) is 2.93. The Morgan fingerprint density at radius 2 is 1.81 bits per heavy atom. The zero-order valence-electron chi connectivity index (χ0n) is 12.5. The van der Waals surface area contributed by atoms with E-state index in [9.17, 15) is 5.11 Å². The number of ether oxygens (including phenoxy) is 1. The highest BCUT2D eigenvalue weighted by Gasteiger charge is 2.27. The molecule has 2 heteroatoms. The first-order chi connectivity index (χ1) is 10.3. The highest BCUT2D eigenvalue weighted by Crippen LogP contribution is 2.43. The van der Waals surface area contributed by atoms with Gasteiger partial charge in [-0.3, -0.25) is 0 Å². The van der Waals surface area contributed by atoms with Crippen LogP contribution >= 0.6 is 0 Å². The summed E-state index contributed by atoms with van der Waals surface area (Å²) < 4.78 is 5.59. The van der Waals surface area contributed by atoms with Gasteiger partial charge in [-0.2, -0.15) is 0 Å². The maximum Gasteiger partial charge on any atom is 0.119 e. The topological polar surface area (TPSA) is 29.5 Å². The minimum Gasteiger partial charge on any atom is -0.494 e. The lowest BCUT2D eigenvalue weighted by Crippen LogP contribution is -2.03. The van der Waals surface area contributed by atoms with Gasteiger partial charge in [0.1, 0.15) is 11.9 Å². The van der Waals surface area contributed by atoms with Crippen LogP contribution in [0.5, 0.6) is 5.75 Å². The van der Waals surface area contributed by atoms with Crippen LogP contribution < -0.4 is 4.74 Å². The van der Waals surface area contributed by atoms with E-state index in [0.29, 0.717) is 5.92 Å². The fourth-order valence-corrected chi connectivity index (χ4v) is 2.67. The van der Waals surface area contributed by atoms with Crippen LogP contribution in [-0.2, 0) is 0 Å². The van der Waals surface area contributed by atoms with E-state index in [-0.39, 0.29) is 0 Å². The van der Waals surface area contributed by atoms with E-state index in [1.165, 1.54) is 18.4 Å². The van der Waals surface area contributed by atoms with Crippen molar-refractivity contribution in [2.75, 3.05) is 6.61 Å². The molecule has 3 rings (SSSR count). The molecule has 1 aliphatic carbocycles. The van der Waals surface area contributed by atoms with Gasteiger partial charge >= 0.3 is 0 Å². The molecule has 0 heterocycles. The Bertz CT molecular complexity index is 585. The molecule has 0 aromatic heterocycles. The molecule has 2 aromatic rings. The van der Waals surface area contributed by atoms with Gasteiger partial charge in [0.2, 0.25) is 0 Å². The Hall–Kier alpha value is -1.80. The Morgan fingerprint density at radius 3 is 2.48 bits per heavy atom. The van der Waals surface area contributed by atoms with Crippen molar-refractivity contribution in [3.8, 4) is 5.75 Å². The second kappa shape index (κ2) is 6.31. The van der Waals surface area contributed by atoms with Gasteiger partial charge in [-0.15, -0.1) is 0 Å². The lowest BCUT2D eigenvalue weighted by molar-refractivity contribution is 0.219. The third kappa shape index (κ3) is 3.27. The van der Waals surface area contributed by atoms with Crippen molar-refractivity contribution in [3.05, 3.63) is 65.2 Å². The number of hydrogen-bond acceptors (Lipinski definition) is 2. The fourth-order valence-electron chi connectivity index (χ4n) is 2.67. The summed E-state index contributed by atoms with van der Waals surface area (Å²) in [5.74, 6) is 1.51. The molecule has 21 heavy (non-hydrogen) atoms. The molecule has 0 aliphatic heterocycles. The average molecular weight is 282 g/mol. The summed E-state index contributed by atoms with van der Waals surface area (Å²) in [6, 6.07) is 16.0. The van der Waals surface area contributed by atoms with E-state index in [2.05, 4.69) is 19.1 Å². The van der Waals surface area contributed by atoms with E-state index >= 15 is 0 Å². The van der Waals surface area contributed by atoms with Crippen LogP contribution in [0.4, 0.5) is 0 Å². The van der Waals surface area contributed by atoms with Crippen molar-refractivity contribution in [1.29, 1.82) is 0 Å². The maximum absolute atomic E-state index is 10.7. The van der Waals surface area contributed by atoms with Crippen molar-refractivity contribution in [3.63, 3.8) is 0 Å². The number of aliphatic hydroxyl groups excluding tert-OH is 1. The van der Waals surface area contributed by atoms with E-state index in [4.69, 9.17) is 4.74 Å². The first-order valence-electron chi connectivity index (χ1n) is 7.79. The van der Waals surface area contributed by atoms with Gasteiger partial charge in [0.15, 0.2) is 0 Å². The van der Waals surface area contributed by atoms with E-state index in [1.54, 1.807) is 0 Å². The van der Waals surface area contributed by atoms with Gasteiger partial charge in [-0.05, 0) is 54.0 Å². The highest BCUT2D eigenvalue weighted by atomic mass is 16.5. The third-order valence-corrected chi connectivity index (χ3v) is 3.98. The smallest absolute Gasteiger partial charge is 0.119 e. The molecule has 2 nitrogen and oxygen atoms in total. The molecule has 0 bridgehead atoms. The Morgan fingerprint density at radius 1 is 1.10 bits per heavy atom. The molecular formula is C19H22O2. The SMILES string of the molecule is CCCOc1ccc(C(O)c2ccccc2C2CC2)cc1. The monoisotopic (exact) mass is 282 g/mol. The van der Waals surface area contributed by atoms with E-state index in [1.807, 2.05) is 36.4 Å². The van der Waals surface area contributed by atoms with Gasteiger partial charge in [0.05, 0.1) is 6.61 Å².